The normalized spacial score (nSPS) is 12.0. The number of aryl methyl sites for hydroxylation is 1. The molecule has 0 aliphatic heterocycles. The largest absolute Gasteiger partial charge is 0.388 e. The van der Waals surface area contributed by atoms with E-state index in [2.05, 4.69) is 10.6 Å². The van der Waals surface area contributed by atoms with Gasteiger partial charge in [0.15, 0.2) is 0 Å². The minimum Gasteiger partial charge on any atom is -0.388 e. The topological polar surface area (TPSA) is 61.4 Å². The van der Waals surface area contributed by atoms with Crippen LogP contribution in [0, 0.1) is 6.92 Å². The minimum atomic E-state index is -0.997. The molecule has 1 unspecified atom stereocenters. The Balaban J connectivity index is 2.85. The van der Waals surface area contributed by atoms with Gasteiger partial charge in [-0.1, -0.05) is 0 Å². The van der Waals surface area contributed by atoms with Crippen LogP contribution in [0.3, 0.4) is 0 Å². The first-order valence-electron chi connectivity index (χ1n) is 4.81. The molecular weight excluding hydrogens is 192 g/mol. The predicted octanol–water partition coefficient (Wildman–Crippen LogP) is 1.36. The smallest absolute Gasteiger partial charge is 0.252 e. The van der Waals surface area contributed by atoms with E-state index in [0.29, 0.717) is 5.69 Å². The third-order valence-electron chi connectivity index (χ3n) is 2.01. The molecule has 0 aromatic heterocycles. The Bertz CT molecular complexity index is 362. The molecule has 0 saturated carbocycles. The fraction of sp³-hybridized carbons (Fsp3) is 0.364. The van der Waals surface area contributed by atoms with Crippen LogP contribution in [0.15, 0.2) is 18.2 Å². The van der Waals surface area contributed by atoms with Crippen LogP contribution in [0.5, 0.6) is 0 Å². The molecule has 3 N–H and O–H groups in total. The van der Waals surface area contributed by atoms with Crippen LogP contribution in [0.2, 0.25) is 0 Å². The summed E-state index contributed by atoms with van der Waals surface area (Å²) in [7, 11) is 1.81. The lowest BCUT2D eigenvalue weighted by atomic mass is 10.2. The summed E-state index contributed by atoms with van der Waals surface area (Å²) in [4.78, 5) is 11.2. The number of aliphatic hydroxyl groups excluding tert-OH is 1. The lowest BCUT2D eigenvalue weighted by molar-refractivity contribution is -0.123. The van der Waals surface area contributed by atoms with Crippen LogP contribution < -0.4 is 10.6 Å². The third-order valence-corrected chi connectivity index (χ3v) is 2.01. The van der Waals surface area contributed by atoms with Crippen molar-refractivity contribution < 1.29 is 9.90 Å². The van der Waals surface area contributed by atoms with Crippen LogP contribution in [0.4, 0.5) is 11.4 Å². The Kier molecular flexibility index (Phi) is 3.68. The summed E-state index contributed by atoms with van der Waals surface area (Å²) in [6.07, 6.45) is -0.997. The number of aliphatic hydroxyl groups is 1. The molecule has 4 heteroatoms. The van der Waals surface area contributed by atoms with Gasteiger partial charge in [-0.05, 0) is 37.6 Å². The molecule has 1 aromatic rings. The summed E-state index contributed by atoms with van der Waals surface area (Å²) in [5, 5.41) is 14.7. The Morgan fingerprint density at radius 2 is 1.93 bits per heavy atom. The summed E-state index contributed by atoms with van der Waals surface area (Å²) in [5.74, 6) is -0.400. The van der Waals surface area contributed by atoms with Crippen molar-refractivity contribution in [3.05, 3.63) is 23.8 Å². The zero-order valence-corrected chi connectivity index (χ0v) is 9.16. The maximum absolute atomic E-state index is 11.2. The van der Waals surface area contributed by atoms with E-state index in [1.807, 2.05) is 32.2 Å². The standard InChI is InChI=1S/C11H16N2O2/c1-7-4-9(12-3)6-10(5-7)13-11(15)8(2)14/h4-6,8,12,14H,1-3H3,(H,13,15). The highest BCUT2D eigenvalue weighted by atomic mass is 16.3. The Morgan fingerprint density at radius 1 is 1.33 bits per heavy atom. The Labute approximate surface area is 89.3 Å². The van der Waals surface area contributed by atoms with E-state index in [-0.39, 0.29) is 0 Å². The van der Waals surface area contributed by atoms with E-state index in [1.165, 1.54) is 6.92 Å². The number of carbonyl (C=O) groups excluding carboxylic acids is 1. The lowest BCUT2D eigenvalue weighted by Gasteiger charge is -2.10. The number of amides is 1. The van der Waals surface area contributed by atoms with Crippen molar-refractivity contribution in [1.82, 2.24) is 0 Å². The van der Waals surface area contributed by atoms with Gasteiger partial charge in [0.2, 0.25) is 0 Å². The van der Waals surface area contributed by atoms with Crippen LogP contribution in [-0.4, -0.2) is 24.2 Å². The first-order valence-corrected chi connectivity index (χ1v) is 4.81. The quantitative estimate of drug-likeness (QED) is 0.702. The Morgan fingerprint density at radius 3 is 2.47 bits per heavy atom. The molecule has 82 valence electrons. The molecule has 0 heterocycles. The average molecular weight is 208 g/mol. The molecule has 0 saturated heterocycles. The molecule has 0 spiro atoms. The fourth-order valence-corrected chi connectivity index (χ4v) is 1.25. The maximum atomic E-state index is 11.2. The van der Waals surface area contributed by atoms with E-state index in [4.69, 9.17) is 5.11 Å². The number of carbonyl (C=O) groups is 1. The molecule has 1 aromatic carbocycles. The number of rotatable bonds is 3. The second-order valence-electron chi connectivity index (χ2n) is 3.50. The molecule has 1 rings (SSSR count). The molecular formula is C11H16N2O2. The summed E-state index contributed by atoms with van der Waals surface area (Å²) in [5.41, 5.74) is 2.66. The van der Waals surface area contributed by atoms with Gasteiger partial charge < -0.3 is 15.7 Å². The lowest BCUT2D eigenvalue weighted by Crippen LogP contribution is -2.24. The van der Waals surface area contributed by atoms with Crippen molar-refractivity contribution in [2.45, 2.75) is 20.0 Å². The van der Waals surface area contributed by atoms with Gasteiger partial charge >= 0.3 is 0 Å². The van der Waals surface area contributed by atoms with Crippen molar-refractivity contribution in [3.8, 4) is 0 Å². The van der Waals surface area contributed by atoms with Crippen molar-refractivity contribution in [2.75, 3.05) is 17.7 Å². The highest BCUT2D eigenvalue weighted by molar-refractivity contribution is 5.94. The van der Waals surface area contributed by atoms with Crippen molar-refractivity contribution >= 4 is 17.3 Å². The number of benzene rings is 1. The van der Waals surface area contributed by atoms with Gasteiger partial charge in [-0.25, -0.2) is 0 Å². The van der Waals surface area contributed by atoms with Gasteiger partial charge in [-0.2, -0.15) is 0 Å². The Hall–Kier alpha value is -1.55. The second-order valence-corrected chi connectivity index (χ2v) is 3.50. The molecule has 15 heavy (non-hydrogen) atoms. The minimum absolute atomic E-state index is 0.400. The number of hydrogen-bond donors (Lipinski definition) is 3. The molecule has 0 fully saturated rings. The van der Waals surface area contributed by atoms with E-state index in [9.17, 15) is 4.79 Å². The molecule has 0 aliphatic rings. The van der Waals surface area contributed by atoms with E-state index in [1.54, 1.807) is 0 Å². The van der Waals surface area contributed by atoms with Gasteiger partial charge in [0, 0.05) is 18.4 Å². The molecule has 0 radical (unpaired) electrons. The van der Waals surface area contributed by atoms with Gasteiger partial charge in [0.05, 0.1) is 0 Å². The molecule has 1 atom stereocenters. The summed E-state index contributed by atoms with van der Waals surface area (Å²) >= 11 is 0. The fourth-order valence-electron chi connectivity index (χ4n) is 1.25. The van der Waals surface area contributed by atoms with Crippen LogP contribution >= 0.6 is 0 Å². The van der Waals surface area contributed by atoms with E-state index >= 15 is 0 Å². The van der Waals surface area contributed by atoms with Crippen LogP contribution in [-0.2, 0) is 4.79 Å². The summed E-state index contributed by atoms with van der Waals surface area (Å²) in [6, 6.07) is 5.63. The highest BCUT2D eigenvalue weighted by Crippen LogP contribution is 2.18. The van der Waals surface area contributed by atoms with Crippen molar-refractivity contribution in [1.29, 1.82) is 0 Å². The summed E-state index contributed by atoms with van der Waals surface area (Å²) in [6.45, 7) is 3.38. The predicted molar refractivity (Wildman–Crippen MR) is 61.0 cm³/mol. The second kappa shape index (κ2) is 4.79. The first kappa shape index (κ1) is 11.5. The van der Waals surface area contributed by atoms with E-state index < -0.39 is 12.0 Å². The molecule has 0 aliphatic carbocycles. The van der Waals surface area contributed by atoms with Crippen LogP contribution in [0.1, 0.15) is 12.5 Å². The van der Waals surface area contributed by atoms with Gasteiger partial charge in [-0.15, -0.1) is 0 Å². The average Bonchev–Trinajstić information content (AvgIpc) is 2.16. The zero-order chi connectivity index (χ0) is 11.4. The SMILES string of the molecule is CNc1cc(C)cc(NC(=O)C(C)O)c1. The monoisotopic (exact) mass is 208 g/mol. The molecule has 4 nitrogen and oxygen atoms in total. The number of nitrogens with one attached hydrogen (secondary N) is 2. The molecule has 1 amide bonds. The van der Waals surface area contributed by atoms with Gasteiger partial charge in [0.1, 0.15) is 6.10 Å². The van der Waals surface area contributed by atoms with Gasteiger partial charge in [-0.3, -0.25) is 4.79 Å². The van der Waals surface area contributed by atoms with Gasteiger partial charge in [0.25, 0.3) is 5.91 Å². The number of hydrogen-bond acceptors (Lipinski definition) is 3. The zero-order valence-electron chi connectivity index (χ0n) is 9.16. The summed E-state index contributed by atoms with van der Waals surface area (Å²) < 4.78 is 0. The number of anilines is 2. The highest BCUT2D eigenvalue weighted by Gasteiger charge is 2.09. The van der Waals surface area contributed by atoms with E-state index in [0.717, 1.165) is 11.3 Å². The maximum Gasteiger partial charge on any atom is 0.252 e. The van der Waals surface area contributed by atoms with Crippen molar-refractivity contribution in [3.63, 3.8) is 0 Å². The molecule has 0 bridgehead atoms. The van der Waals surface area contributed by atoms with Crippen molar-refractivity contribution in [2.24, 2.45) is 0 Å². The third kappa shape index (κ3) is 3.25. The van der Waals surface area contributed by atoms with Crippen LogP contribution in [0.25, 0.3) is 0 Å². The first-order chi connectivity index (χ1) is 7.02.